The third kappa shape index (κ3) is 4.83. The Labute approximate surface area is 131 Å². The van der Waals surface area contributed by atoms with Gasteiger partial charge in [-0.2, -0.15) is 0 Å². The van der Waals surface area contributed by atoms with Gasteiger partial charge in [0.05, 0.1) is 11.6 Å². The highest BCUT2D eigenvalue weighted by molar-refractivity contribution is 7.11. The number of ether oxygens (including phenoxy) is 1. The van der Waals surface area contributed by atoms with Gasteiger partial charge in [0, 0.05) is 30.1 Å². The average molecular weight is 304 g/mol. The Morgan fingerprint density at radius 2 is 1.95 bits per heavy atom. The van der Waals surface area contributed by atoms with Crippen LogP contribution in [0.4, 0.5) is 0 Å². The van der Waals surface area contributed by atoms with E-state index in [-0.39, 0.29) is 0 Å². The van der Waals surface area contributed by atoms with Gasteiger partial charge in [-0.25, -0.2) is 4.98 Å². The Kier molecular flexibility index (Phi) is 5.76. The van der Waals surface area contributed by atoms with E-state index in [9.17, 15) is 0 Å². The third-order valence-corrected chi connectivity index (χ3v) is 4.31. The van der Waals surface area contributed by atoms with E-state index in [1.165, 1.54) is 16.0 Å². The van der Waals surface area contributed by atoms with Crippen LogP contribution in [-0.4, -0.2) is 17.6 Å². The van der Waals surface area contributed by atoms with Gasteiger partial charge in [0.1, 0.15) is 5.75 Å². The van der Waals surface area contributed by atoms with Crippen LogP contribution in [0.1, 0.15) is 34.9 Å². The monoisotopic (exact) mass is 304 g/mol. The summed E-state index contributed by atoms with van der Waals surface area (Å²) in [5.74, 6) is 1.01. The Hall–Kier alpha value is -1.39. The minimum Gasteiger partial charge on any atom is -0.493 e. The van der Waals surface area contributed by atoms with Crippen LogP contribution in [0.3, 0.4) is 0 Å². The second-order valence-corrected chi connectivity index (χ2v) is 6.78. The Bertz CT molecular complexity index is 558. The molecule has 2 aromatic rings. The van der Waals surface area contributed by atoms with Crippen LogP contribution in [0.25, 0.3) is 0 Å². The summed E-state index contributed by atoms with van der Waals surface area (Å²) in [7, 11) is 0. The first-order valence-corrected chi connectivity index (χ1v) is 8.24. The molecule has 1 heterocycles. The summed E-state index contributed by atoms with van der Waals surface area (Å²) in [6.07, 6.45) is 2.83. The molecule has 0 radical (unpaired) electrons. The van der Waals surface area contributed by atoms with Crippen molar-refractivity contribution in [1.82, 2.24) is 10.3 Å². The molecule has 0 amide bonds. The van der Waals surface area contributed by atoms with Crippen molar-refractivity contribution in [3.8, 4) is 5.75 Å². The lowest BCUT2D eigenvalue weighted by Crippen LogP contribution is -2.21. The second kappa shape index (κ2) is 7.57. The van der Waals surface area contributed by atoms with Crippen molar-refractivity contribution >= 4 is 11.3 Å². The molecule has 2 rings (SSSR count). The van der Waals surface area contributed by atoms with E-state index in [1.54, 1.807) is 11.3 Å². The van der Waals surface area contributed by atoms with E-state index >= 15 is 0 Å². The number of aryl methyl sites for hydroxylation is 2. The number of aromatic nitrogens is 1. The van der Waals surface area contributed by atoms with Crippen LogP contribution in [0, 0.1) is 13.8 Å². The maximum Gasteiger partial charge on any atom is 0.125 e. The number of hydrogen-bond donors (Lipinski definition) is 1. The minimum absolute atomic E-state index is 0.503. The van der Waals surface area contributed by atoms with Crippen molar-refractivity contribution in [3.05, 3.63) is 45.4 Å². The van der Waals surface area contributed by atoms with E-state index in [2.05, 4.69) is 56.2 Å². The molecular weight excluding hydrogens is 280 g/mol. The van der Waals surface area contributed by atoms with Crippen molar-refractivity contribution in [2.75, 3.05) is 6.61 Å². The number of para-hydroxylation sites is 1. The number of thiazole rings is 1. The summed E-state index contributed by atoms with van der Waals surface area (Å²) in [5.41, 5.74) is 2.38. The average Bonchev–Trinajstić information content (AvgIpc) is 2.88. The molecule has 0 bridgehead atoms. The summed E-state index contributed by atoms with van der Waals surface area (Å²) >= 11 is 1.76. The molecule has 0 aliphatic heterocycles. The predicted molar refractivity (Wildman–Crippen MR) is 89.2 cm³/mol. The first kappa shape index (κ1) is 16.0. The minimum atomic E-state index is 0.503. The van der Waals surface area contributed by atoms with Gasteiger partial charge in [0.2, 0.25) is 0 Å². The van der Waals surface area contributed by atoms with Crippen LogP contribution < -0.4 is 10.1 Å². The van der Waals surface area contributed by atoms with Gasteiger partial charge in [-0.15, -0.1) is 11.3 Å². The molecule has 0 atom stereocenters. The van der Waals surface area contributed by atoms with E-state index in [1.807, 2.05) is 6.20 Å². The summed E-state index contributed by atoms with van der Waals surface area (Å²) in [6, 6.07) is 6.73. The highest BCUT2D eigenvalue weighted by atomic mass is 32.1. The first-order valence-electron chi connectivity index (χ1n) is 7.42. The number of nitrogens with zero attached hydrogens (tertiary/aromatic N) is 1. The standard InChI is InChI=1S/C17H24N2OS/c1-12(2)18-10-15-11-19-16(21-15)8-9-20-17-13(3)6-5-7-14(17)4/h5-7,11-12,18H,8-10H2,1-4H3. The van der Waals surface area contributed by atoms with Gasteiger partial charge in [0.25, 0.3) is 0 Å². The first-order chi connectivity index (χ1) is 10.1. The largest absolute Gasteiger partial charge is 0.493 e. The van der Waals surface area contributed by atoms with E-state index in [0.29, 0.717) is 12.6 Å². The van der Waals surface area contributed by atoms with E-state index in [0.717, 1.165) is 23.7 Å². The van der Waals surface area contributed by atoms with Gasteiger partial charge >= 0.3 is 0 Å². The molecular formula is C17H24N2OS. The number of rotatable bonds is 7. The lowest BCUT2D eigenvalue weighted by atomic mass is 10.1. The predicted octanol–water partition coefficient (Wildman–Crippen LogP) is 3.88. The normalized spacial score (nSPS) is 11.1. The van der Waals surface area contributed by atoms with Crippen molar-refractivity contribution < 1.29 is 4.74 Å². The molecule has 0 fully saturated rings. The molecule has 21 heavy (non-hydrogen) atoms. The maximum absolute atomic E-state index is 5.93. The highest BCUT2D eigenvalue weighted by Gasteiger charge is 2.06. The molecule has 3 nitrogen and oxygen atoms in total. The number of benzene rings is 1. The lowest BCUT2D eigenvalue weighted by Gasteiger charge is -2.11. The second-order valence-electron chi connectivity index (χ2n) is 5.58. The molecule has 4 heteroatoms. The molecule has 0 spiro atoms. The quantitative estimate of drug-likeness (QED) is 0.843. The van der Waals surface area contributed by atoms with E-state index < -0.39 is 0 Å². The zero-order valence-corrected chi connectivity index (χ0v) is 14.1. The lowest BCUT2D eigenvalue weighted by molar-refractivity contribution is 0.317. The molecule has 0 aliphatic rings. The van der Waals surface area contributed by atoms with Crippen molar-refractivity contribution in [1.29, 1.82) is 0 Å². The zero-order valence-electron chi connectivity index (χ0n) is 13.3. The molecule has 114 valence electrons. The maximum atomic E-state index is 5.93. The fourth-order valence-electron chi connectivity index (χ4n) is 2.12. The third-order valence-electron chi connectivity index (χ3n) is 3.26. The molecule has 0 unspecified atom stereocenters. The van der Waals surface area contributed by atoms with Crippen LogP contribution in [0.15, 0.2) is 24.4 Å². The molecule has 0 saturated heterocycles. The smallest absolute Gasteiger partial charge is 0.125 e. The van der Waals surface area contributed by atoms with Crippen LogP contribution in [0.2, 0.25) is 0 Å². The van der Waals surface area contributed by atoms with Gasteiger partial charge in [0.15, 0.2) is 0 Å². The molecule has 1 N–H and O–H groups in total. The Morgan fingerprint density at radius 3 is 2.62 bits per heavy atom. The van der Waals surface area contributed by atoms with Crippen molar-refractivity contribution in [3.63, 3.8) is 0 Å². The summed E-state index contributed by atoms with van der Waals surface area (Å²) < 4.78 is 5.93. The van der Waals surface area contributed by atoms with Gasteiger partial charge in [-0.3, -0.25) is 0 Å². The highest BCUT2D eigenvalue weighted by Crippen LogP contribution is 2.22. The fourth-order valence-corrected chi connectivity index (χ4v) is 2.97. The van der Waals surface area contributed by atoms with Crippen LogP contribution in [0.5, 0.6) is 5.75 Å². The summed E-state index contributed by atoms with van der Waals surface area (Å²) in [6.45, 7) is 10.0. The molecule has 0 saturated carbocycles. The summed E-state index contributed by atoms with van der Waals surface area (Å²) in [5, 5.41) is 4.55. The van der Waals surface area contributed by atoms with Crippen molar-refractivity contribution in [2.24, 2.45) is 0 Å². The SMILES string of the molecule is Cc1cccc(C)c1OCCc1ncc(CNC(C)C)s1. The van der Waals surface area contributed by atoms with Crippen LogP contribution >= 0.6 is 11.3 Å². The Morgan fingerprint density at radius 1 is 1.24 bits per heavy atom. The number of nitrogens with one attached hydrogen (secondary N) is 1. The number of hydrogen-bond acceptors (Lipinski definition) is 4. The fraction of sp³-hybridized carbons (Fsp3) is 0.471. The van der Waals surface area contributed by atoms with Crippen molar-refractivity contribution in [2.45, 2.75) is 46.7 Å². The van der Waals surface area contributed by atoms with E-state index in [4.69, 9.17) is 4.74 Å². The topological polar surface area (TPSA) is 34.1 Å². The zero-order chi connectivity index (χ0) is 15.2. The van der Waals surface area contributed by atoms with Gasteiger partial charge in [-0.1, -0.05) is 32.0 Å². The van der Waals surface area contributed by atoms with Gasteiger partial charge in [-0.05, 0) is 25.0 Å². The van der Waals surface area contributed by atoms with Gasteiger partial charge < -0.3 is 10.1 Å². The Balaban J connectivity index is 1.84. The molecule has 1 aromatic carbocycles. The summed E-state index contributed by atoms with van der Waals surface area (Å²) in [4.78, 5) is 5.75. The molecule has 1 aromatic heterocycles. The van der Waals surface area contributed by atoms with Crippen LogP contribution in [-0.2, 0) is 13.0 Å². The molecule has 0 aliphatic carbocycles.